The molecule has 2 aliphatic rings. The van der Waals surface area contributed by atoms with Gasteiger partial charge in [0.15, 0.2) is 5.96 Å². The fourth-order valence-corrected chi connectivity index (χ4v) is 5.70. The van der Waals surface area contributed by atoms with Crippen LogP contribution in [0, 0.1) is 5.92 Å². The van der Waals surface area contributed by atoms with E-state index in [4.69, 9.17) is 4.99 Å². The van der Waals surface area contributed by atoms with E-state index in [0.29, 0.717) is 23.3 Å². The molecule has 0 aromatic rings. The largest absolute Gasteiger partial charge is 0.357 e. The molecule has 0 amide bonds. The highest BCUT2D eigenvalue weighted by atomic mass is 32.2. The molecule has 4 unspecified atom stereocenters. The van der Waals surface area contributed by atoms with Crippen LogP contribution in [0.3, 0.4) is 0 Å². The first-order valence-corrected chi connectivity index (χ1v) is 12.7. The zero-order chi connectivity index (χ0) is 20.5. The Morgan fingerprint density at radius 3 is 2.50 bits per heavy atom. The normalized spacial score (nSPS) is 27.6. The lowest BCUT2D eigenvalue weighted by Crippen LogP contribution is -2.52. The standard InChI is InChI=1S/C21H43N5OS/c1-6-22-21(24-18-9-8-10-19(15-18)28(27)7-2)23-16-20(17(3)4)26-13-11-25(5)12-14-26/h17-20H,6-16H2,1-5H3,(H2,22,23,24). The van der Waals surface area contributed by atoms with Crippen molar-refractivity contribution in [3.63, 3.8) is 0 Å². The van der Waals surface area contributed by atoms with Crippen LogP contribution in [0.4, 0.5) is 0 Å². The molecule has 0 radical (unpaired) electrons. The van der Waals surface area contributed by atoms with Gasteiger partial charge in [0.05, 0.1) is 6.54 Å². The number of likely N-dealkylation sites (N-methyl/N-ethyl adjacent to an activating group) is 1. The van der Waals surface area contributed by atoms with Gasteiger partial charge in [-0.2, -0.15) is 0 Å². The van der Waals surface area contributed by atoms with Crippen molar-refractivity contribution in [2.45, 2.75) is 70.7 Å². The number of hydrogen-bond acceptors (Lipinski definition) is 4. The molecule has 1 saturated heterocycles. The van der Waals surface area contributed by atoms with Gasteiger partial charge in [-0.25, -0.2) is 0 Å². The fraction of sp³-hybridized carbons (Fsp3) is 0.952. The lowest BCUT2D eigenvalue weighted by Gasteiger charge is -2.39. The predicted molar refractivity (Wildman–Crippen MR) is 122 cm³/mol. The number of piperazine rings is 1. The second-order valence-electron chi connectivity index (χ2n) is 8.67. The van der Waals surface area contributed by atoms with Gasteiger partial charge in [0.1, 0.15) is 0 Å². The van der Waals surface area contributed by atoms with Crippen molar-refractivity contribution in [3.8, 4) is 0 Å². The Morgan fingerprint density at radius 1 is 1.18 bits per heavy atom. The summed E-state index contributed by atoms with van der Waals surface area (Å²) in [7, 11) is 1.52. The van der Waals surface area contributed by atoms with E-state index in [1.807, 2.05) is 6.92 Å². The van der Waals surface area contributed by atoms with Gasteiger partial charge in [-0.3, -0.25) is 14.1 Å². The van der Waals surface area contributed by atoms with Crippen LogP contribution in [0.15, 0.2) is 4.99 Å². The SMILES string of the molecule is CCNC(=NCC(C(C)C)N1CCN(C)CC1)NC1CCCC(S(=O)CC)C1. The predicted octanol–water partition coefficient (Wildman–Crippen LogP) is 1.89. The van der Waals surface area contributed by atoms with E-state index in [1.54, 1.807) is 0 Å². The fourth-order valence-electron chi connectivity index (χ4n) is 4.35. The maximum absolute atomic E-state index is 12.2. The van der Waals surface area contributed by atoms with E-state index in [0.717, 1.165) is 76.7 Å². The van der Waals surface area contributed by atoms with Crippen LogP contribution in [0.25, 0.3) is 0 Å². The summed E-state index contributed by atoms with van der Waals surface area (Å²) in [6.07, 6.45) is 4.40. The third kappa shape index (κ3) is 7.30. The van der Waals surface area contributed by atoms with Crippen LogP contribution >= 0.6 is 0 Å². The number of nitrogens with one attached hydrogen (secondary N) is 2. The summed E-state index contributed by atoms with van der Waals surface area (Å²) in [6.45, 7) is 15.0. The van der Waals surface area contributed by atoms with Crippen molar-refractivity contribution in [2.24, 2.45) is 10.9 Å². The topological polar surface area (TPSA) is 60.0 Å². The second-order valence-corrected chi connectivity index (χ2v) is 10.7. The highest BCUT2D eigenvalue weighted by Crippen LogP contribution is 2.23. The van der Waals surface area contributed by atoms with Crippen LogP contribution in [0.1, 0.15) is 53.4 Å². The Hall–Kier alpha value is -0.660. The van der Waals surface area contributed by atoms with Crippen LogP contribution in [0.2, 0.25) is 0 Å². The third-order valence-electron chi connectivity index (χ3n) is 6.18. The van der Waals surface area contributed by atoms with Gasteiger partial charge >= 0.3 is 0 Å². The van der Waals surface area contributed by atoms with Crippen LogP contribution < -0.4 is 10.6 Å². The number of guanidine groups is 1. The zero-order valence-corrected chi connectivity index (χ0v) is 19.6. The zero-order valence-electron chi connectivity index (χ0n) is 18.7. The molecule has 0 aromatic heterocycles. The third-order valence-corrected chi connectivity index (χ3v) is 7.92. The second kappa shape index (κ2) is 12.1. The van der Waals surface area contributed by atoms with Crippen LogP contribution in [-0.2, 0) is 10.8 Å². The smallest absolute Gasteiger partial charge is 0.191 e. The molecule has 1 aliphatic carbocycles. The monoisotopic (exact) mass is 413 g/mol. The Morgan fingerprint density at radius 2 is 1.89 bits per heavy atom. The molecule has 1 heterocycles. The molecule has 0 bridgehead atoms. The molecular weight excluding hydrogens is 370 g/mol. The summed E-state index contributed by atoms with van der Waals surface area (Å²) in [5, 5.41) is 7.42. The number of aliphatic imine (C=N–C) groups is 1. The van der Waals surface area contributed by atoms with Gasteiger partial charge in [0.25, 0.3) is 0 Å². The van der Waals surface area contributed by atoms with Crippen molar-refractivity contribution in [2.75, 3.05) is 52.1 Å². The lowest BCUT2D eigenvalue weighted by molar-refractivity contribution is 0.0925. The van der Waals surface area contributed by atoms with Crippen LogP contribution in [-0.4, -0.2) is 89.4 Å². The molecular formula is C21H43N5OS. The molecule has 28 heavy (non-hydrogen) atoms. The molecule has 0 spiro atoms. The van der Waals surface area contributed by atoms with Gasteiger partial charge < -0.3 is 15.5 Å². The highest BCUT2D eigenvalue weighted by molar-refractivity contribution is 7.85. The Labute approximate surface area is 175 Å². The Balaban J connectivity index is 1.96. The van der Waals surface area contributed by atoms with E-state index in [-0.39, 0.29) is 0 Å². The summed E-state index contributed by atoms with van der Waals surface area (Å²) in [5.41, 5.74) is 0. The Bertz CT molecular complexity index is 505. The van der Waals surface area contributed by atoms with Gasteiger partial charge in [-0.05, 0) is 39.2 Å². The molecule has 0 aromatic carbocycles. The van der Waals surface area contributed by atoms with Gasteiger partial charge in [0, 0.05) is 66.6 Å². The highest BCUT2D eigenvalue weighted by Gasteiger charge is 2.27. The molecule has 1 aliphatic heterocycles. The maximum atomic E-state index is 12.2. The first-order valence-electron chi connectivity index (χ1n) is 11.3. The quantitative estimate of drug-likeness (QED) is 0.470. The minimum Gasteiger partial charge on any atom is -0.357 e. The minimum absolute atomic E-state index is 0.341. The summed E-state index contributed by atoms with van der Waals surface area (Å²) in [5.74, 6) is 2.28. The first kappa shape index (κ1) is 23.6. The van der Waals surface area contributed by atoms with Gasteiger partial charge in [-0.1, -0.05) is 27.2 Å². The molecule has 2 N–H and O–H groups in total. The summed E-state index contributed by atoms with van der Waals surface area (Å²) in [6, 6.07) is 0.865. The number of rotatable bonds is 8. The van der Waals surface area contributed by atoms with E-state index in [2.05, 4.69) is 48.3 Å². The number of nitrogens with zero attached hydrogens (tertiary/aromatic N) is 3. The molecule has 4 atom stereocenters. The van der Waals surface area contributed by atoms with Crippen LogP contribution in [0.5, 0.6) is 0 Å². The minimum atomic E-state index is -0.687. The summed E-state index contributed by atoms with van der Waals surface area (Å²) >= 11 is 0. The van der Waals surface area contributed by atoms with Crippen molar-refractivity contribution in [3.05, 3.63) is 0 Å². The number of hydrogen-bond donors (Lipinski definition) is 2. The summed E-state index contributed by atoms with van der Waals surface area (Å²) < 4.78 is 12.2. The molecule has 7 heteroatoms. The van der Waals surface area contributed by atoms with E-state index in [9.17, 15) is 4.21 Å². The van der Waals surface area contributed by atoms with Crippen molar-refractivity contribution in [1.29, 1.82) is 0 Å². The molecule has 2 rings (SSSR count). The van der Waals surface area contributed by atoms with E-state index >= 15 is 0 Å². The molecule has 1 saturated carbocycles. The average Bonchev–Trinajstić information content (AvgIpc) is 2.69. The molecule has 164 valence electrons. The van der Waals surface area contributed by atoms with E-state index in [1.165, 1.54) is 0 Å². The first-order chi connectivity index (χ1) is 13.4. The molecule has 6 nitrogen and oxygen atoms in total. The van der Waals surface area contributed by atoms with Crippen molar-refractivity contribution in [1.82, 2.24) is 20.4 Å². The van der Waals surface area contributed by atoms with Gasteiger partial charge in [-0.15, -0.1) is 0 Å². The van der Waals surface area contributed by atoms with Gasteiger partial charge in [0.2, 0.25) is 0 Å². The lowest BCUT2D eigenvalue weighted by atomic mass is 9.95. The maximum Gasteiger partial charge on any atom is 0.191 e. The van der Waals surface area contributed by atoms with E-state index < -0.39 is 10.8 Å². The van der Waals surface area contributed by atoms with Crippen molar-refractivity contribution < 1.29 is 4.21 Å². The average molecular weight is 414 g/mol. The van der Waals surface area contributed by atoms with Crippen molar-refractivity contribution >= 4 is 16.8 Å². The molecule has 2 fully saturated rings. The Kier molecular flexibility index (Phi) is 10.2. The summed E-state index contributed by atoms with van der Waals surface area (Å²) in [4.78, 5) is 9.99.